The van der Waals surface area contributed by atoms with Crippen molar-refractivity contribution in [3.63, 3.8) is 0 Å². The number of carbonyl (C=O) groups excluding carboxylic acids is 1. The molecule has 0 saturated heterocycles. The van der Waals surface area contributed by atoms with E-state index in [0.717, 1.165) is 12.1 Å². The summed E-state index contributed by atoms with van der Waals surface area (Å²) in [6.07, 6.45) is 0.131. The molecule has 9 heteroatoms. The van der Waals surface area contributed by atoms with E-state index in [4.69, 9.17) is 4.74 Å². The normalized spacial score (nSPS) is 11.2. The Bertz CT molecular complexity index is 851. The zero-order valence-electron chi connectivity index (χ0n) is 14.0. The van der Waals surface area contributed by atoms with Crippen LogP contribution < -0.4 is 10.0 Å². The van der Waals surface area contributed by atoms with Gasteiger partial charge in [0.2, 0.25) is 5.91 Å². The van der Waals surface area contributed by atoms with E-state index in [1.54, 1.807) is 12.1 Å². The Morgan fingerprint density at radius 2 is 1.69 bits per heavy atom. The number of carbonyl (C=O) groups is 1. The van der Waals surface area contributed by atoms with Crippen molar-refractivity contribution in [3.05, 3.63) is 59.7 Å². The Balaban J connectivity index is 2.03. The summed E-state index contributed by atoms with van der Waals surface area (Å²) in [6, 6.07) is 8.13. The molecule has 0 atom stereocenters. The largest absolute Gasteiger partial charge is 0.383 e. The van der Waals surface area contributed by atoms with Crippen molar-refractivity contribution in [1.82, 2.24) is 5.32 Å². The van der Waals surface area contributed by atoms with Crippen LogP contribution in [0.3, 0.4) is 0 Å². The van der Waals surface area contributed by atoms with E-state index in [-0.39, 0.29) is 18.0 Å². The Hall–Kier alpha value is -2.52. The molecule has 6 nitrogen and oxygen atoms in total. The number of anilines is 1. The van der Waals surface area contributed by atoms with Gasteiger partial charge in [0.05, 0.1) is 17.9 Å². The van der Waals surface area contributed by atoms with Crippen molar-refractivity contribution in [2.45, 2.75) is 11.3 Å². The van der Waals surface area contributed by atoms with Crippen LogP contribution in [0.4, 0.5) is 14.5 Å². The van der Waals surface area contributed by atoms with Gasteiger partial charge in [-0.15, -0.1) is 0 Å². The van der Waals surface area contributed by atoms with Gasteiger partial charge < -0.3 is 10.1 Å². The summed E-state index contributed by atoms with van der Waals surface area (Å²) in [6.45, 7) is 0.810. The molecule has 0 unspecified atom stereocenters. The molecule has 2 aromatic rings. The van der Waals surface area contributed by atoms with Crippen LogP contribution in [0, 0.1) is 11.6 Å². The number of ether oxygens (including phenoxy) is 1. The van der Waals surface area contributed by atoms with E-state index >= 15 is 0 Å². The second-order valence-electron chi connectivity index (χ2n) is 5.43. The topological polar surface area (TPSA) is 84.5 Å². The van der Waals surface area contributed by atoms with Gasteiger partial charge in [-0.2, -0.15) is 0 Å². The summed E-state index contributed by atoms with van der Waals surface area (Å²) in [5.41, 5.74) is 0.887. The summed E-state index contributed by atoms with van der Waals surface area (Å²) >= 11 is 0. The van der Waals surface area contributed by atoms with Gasteiger partial charge in [0.25, 0.3) is 10.0 Å². The molecule has 0 aliphatic carbocycles. The summed E-state index contributed by atoms with van der Waals surface area (Å²) in [7, 11) is -2.60. The second-order valence-corrected chi connectivity index (χ2v) is 7.11. The van der Waals surface area contributed by atoms with Gasteiger partial charge in [0.1, 0.15) is 11.6 Å². The van der Waals surface area contributed by atoms with Crippen molar-refractivity contribution in [2.24, 2.45) is 0 Å². The van der Waals surface area contributed by atoms with Crippen LogP contribution in [0.15, 0.2) is 47.4 Å². The Labute approximate surface area is 150 Å². The Morgan fingerprint density at radius 3 is 2.27 bits per heavy atom. The van der Waals surface area contributed by atoms with E-state index in [1.807, 2.05) is 0 Å². The minimum atomic E-state index is -4.13. The predicted molar refractivity (Wildman–Crippen MR) is 92.2 cm³/mol. The summed E-state index contributed by atoms with van der Waals surface area (Å²) in [4.78, 5) is 11.2. The molecular weight excluding hydrogens is 366 g/mol. The number of benzene rings is 2. The molecule has 0 bridgehead atoms. The first-order chi connectivity index (χ1) is 12.3. The highest BCUT2D eigenvalue weighted by atomic mass is 32.2. The van der Waals surface area contributed by atoms with Crippen molar-refractivity contribution in [1.29, 1.82) is 0 Å². The average Bonchev–Trinajstić information content (AvgIpc) is 2.56. The maximum absolute atomic E-state index is 13.2. The lowest BCUT2D eigenvalue weighted by atomic mass is 10.1. The Morgan fingerprint density at radius 1 is 1.08 bits per heavy atom. The fourth-order valence-corrected chi connectivity index (χ4v) is 3.23. The van der Waals surface area contributed by atoms with E-state index < -0.39 is 26.6 Å². The first-order valence-electron chi connectivity index (χ1n) is 7.63. The number of halogens is 2. The molecule has 0 radical (unpaired) electrons. The highest BCUT2D eigenvalue weighted by Crippen LogP contribution is 2.19. The van der Waals surface area contributed by atoms with Crippen molar-refractivity contribution < 1.29 is 26.7 Å². The first kappa shape index (κ1) is 19.8. The number of amides is 1. The van der Waals surface area contributed by atoms with E-state index in [1.165, 1.54) is 19.2 Å². The number of hydrogen-bond acceptors (Lipinski definition) is 4. The molecule has 2 rings (SSSR count). The van der Waals surface area contributed by atoms with Gasteiger partial charge >= 0.3 is 0 Å². The van der Waals surface area contributed by atoms with Crippen molar-refractivity contribution in [3.8, 4) is 0 Å². The number of rotatable bonds is 8. The molecule has 0 heterocycles. The van der Waals surface area contributed by atoms with Crippen molar-refractivity contribution >= 4 is 21.6 Å². The van der Waals surface area contributed by atoms with E-state index in [2.05, 4.69) is 10.0 Å². The zero-order chi connectivity index (χ0) is 19.2. The molecule has 2 aromatic carbocycles. The van der Waals surface area contributed by atoms with E-state index in [0.29, 0.717) is 24.8 Å². The van der Waals surface area contributed by atoms with Crippen LogP contribution in [0.5, 0.6) is 0 Å². The van der Waals surface area contributed by atoms with Crippen molar-refractivity contribution in [2.75, 3.05) is 25.0 Å². The third-order valence-corrected chi connectivity index (χ3v) is 4.71. The number of methoxy groups -OCH3 is 1. The molecule has 1 amide bonds. The molecule has 140 valence electrons. The van der Waals surface area contributed by atoms with Gasteiger partial charge in [-0.25, -0.2) is 17.2 Å². The van der Waals surface area contributed by atoms with Crippen LogP contribution >= 0.6 is 0 Å². The smallest absolute Gasteiger partial charge is 0.262 e. The number of nitrogens with one attached hydrogen (secondary N) is 2. The first-order valence-corrected chi connectivity index (χ1v) is 9.12. The molecule has 0 saturated carbocycles. The molecule has 0 aromatic heterocycles. The minimum absolute atomic E-state index is 0.131. The third-order valence-electron chi connectivity index (χ3n) is 3.35. The summed E-state index contributed by atoms with van der Waals surface area (Å²) in [5.74, 6) is -2.16. The average molecular weight is 384 g/mol. The van der Waals surface area contributed by atoms with Gasteiger partial charge in [-0.3, -0.25) is 9.52 Å². The fraction of sp³-hybridized carbons (Fsp3) is 0.235. The SMILES string of the molecule is COCCNC(=O)Cc1ccc(NS(=O)(=O)c2cc(F)cc(F)c2)cc1. The second kappa shape index (κ2) is 8.72. The van der Waals surface area contributed by atoms with Crippen LogP contribution in [-0.2, 0) is 26.0 Å². The van der Waals surface area contributed by atoms with Crippen LogP contribution in [0.2, 0.25) is 0 Å². The van der Waals surface area contributed by atoms with Gasteiger partial charge in [0, 0.05) is 25.4 Å². The predicted octanol–water partition coefficient (Wildman–Crippen LogP) is 2.07. The lowest BCUT2D eigenvalue weighted by molar-refractivity contribution is -0.120. The molecular formula is C17H18F2N2O4S. The van der Waals surface area contributed by atoms with Gasteiger partial charge in [-0.05, 0) is 29.8 Å². The molecule has 0 spiro atoms. The van der Waals surface area contributed by atoms with Gasteiger partial charge in [-0.1, -0.05) is 12.1 Å². The number of sulfonamides is 1. The summed E-state index contributed by atoms with van der Waals surface area (Å²) in [5, 5.41) is 2.67. The fourth-order valence-electron chi connectivity index (χ4n) is 2.13. The minimum Gasteiger partial charge on any atom is -0.383 e. The standard InChI is InChI=1S/C17H18F2N2O4S/c1-25-7-6-20-17(22)8-12-2-4-15(5-3-12)21-26(23,24)16-10-13(18)9-14(19)11-16/h2-5,9-11,21H,6-8H2,1H3,(H,20,22). The molecule has 0 aliphatic rings. The highest BCUT2D eigenvalue weighted by Gasteiger charge is 2.16. The molecule has 26 heavy (non-hydrogen) atoms. The molecule has 2 N–H and O–H groups in total. The quantitative estimate of drug-likeness (QED) is 0.683. The maximum atomic E-state index is 13.2. The zero-order valence-corrected chi connectivity index (χ0v) is 14.8. The molecule has 0 aliphatic heterocycles. The van der Waals surface area contributed by atoms with E-state index in [9.17, 15) is 22.0 Å². The number of hydrogen-bond donors (Lipinski definition) is 2. The van der Waals surface area contributed by atoms with Crippen LogP contribution in [0.25, 0.3) is 0 Å². The lowest BCUT2D eigenvalue weighted by Gasteiger charge is -2.09. The van der Waals surface area contributed by atoms with Gasteiger partial charge in [0.15, 0.2) is 0 Å². The maximum Gasteiger partial charge on any atom is 0.262 e. The molecule has 0 fully saturated rings. The summed E-state index contributed by atoms with van der Waals surface area (Å²) < 4.78 is 57.9. The monoisotopic (exact) mass is 384 g/mol. The Kier molecular flexibility index (Phi) is 6.64. The third kappa shape index (κ3) is 5.78. The lowest BCUT2D eigenvalue weighted by Crippen LogP contribution is -2.28. The van der Waals surface area contributed by atoms with Crippen LogP contribution in [0.1, 0.15) is 5.56 Å². The van der Waals surface area contributed by atoms with Crippen LogP contribution in [-0.4, -0.2) is 34.6 Å². The highest BCUT2D eigenvalue weighted by molar-refractivity contribution is 7.92.